The summed E-state index contributed by atoms with van der Waals surface area (Å²) in [6, 6.07) is 0. The Morgan fingerprint density at radius 2 is 2.56 bits per heavy atom. The van der Waals surface area contributed by atoms with Gasteiger partial charge in [-0.3, -0.25) is 0 Å². The molecule has 1 heterocycles. The fourth-order valence-electron chi connectivity index (χ4n) is 0.657. The highest BCUT2D eigenvalue weighted by Crippen LogP contribution is 2.03. The van der Waals surface area contributed by atoms with Gasteiger partial charge in [0.15, 0.2) is 0 Å². The van der Waals surface area contributed by atoms with Gasteiger partial charge in [-0.1, -0.05) is 6.92 Å². The first-order valence-corrected chi connectivity index (χ1v) is 3.00. The van der Waals surface area contributed by atoms with E-state index in [4.69, 9.17) is 5.11 Å². The molecule has 1 N–H and O–H groups in total. The molecular weight excluding hydrogens is 116 g/mol. The van der Waals surface area contributed by atoms with E-state index in [0.29, 0.717) is 0 Å². The Hall–Kier alpha value is -0.830. The maximum atomic E-state index is 9.14. The van der Waals surface area contributed by atoms with Crippen molar-refractivity contribution in [2.24, 2.45) is 0 Å². The van der Waals surface area contributed by atoms with Gasteiger partial charge in [0.1, 0.15) is 6.23 Å². The van der Waals surface area contributed by atoms with Crippen molar-refractivity contribution < 1.29 is 5.11 Å². The summed E-state index contributed by atoms with van der Waals surface area (Å²) < 4.78 is 1.67. The quantitative estimate of drug-likeness (QED) is 0.636. The van der Waals surface area contributed by atoms with Crippen LogP contribution in [0.5, 0.6) is 0 Å². The van der Waals surface area contributed by atoms with Gasteiger partial charge in [-0.25, -0.2) is 4.98 Å². The summed E-state index contributed by atoms with van der Waals surface area (Å²) >= 11 is 0. The van der Waals surface area contributed by atoms with E-state index in [2.05, 4.69) is 4.98 Å². The lowest BCUT2D eigenvalue weighted by molar-refractivity contribution is 0.0998. The number of hydrogen-bond donors (Lipinski definition) is 1. The second kappa shape index (κ2) is 2.64. The molecule has 9 heavy (non-hydrogen) atoms. The Balaban J connectivity index is 2.65. The van der Waals surface area contributed by atoms with E-state index in [-0.39, 0.29) is 0 Å². The van der Waals surface area contributed by atoms with Gasteiger partial charge in [-0.15, -0.1) is 0 Å². The van der Waals surface area contributed by atoms with Crippen molar-refractivity contribution >= 4 is 0 Å². The molecule has 1 aromatic heterocycles. The molecule has 0 spiro atoms. The molecule has 1 unspecified atom stereocenters. The summed E-state index contributed by atoms with van der Waals surface area (Å²) in [5.74, 6) is 0. The minimum absolute atomic E-state index is 0.410. The summed E-state index contributed by atoms with van der Waals surface area (Å²) in [4.78, 5) is 3.79. The molecule has 3 heteroatoms. The van der Waals surface area contributed by atoms with Crippen LogP contribution in [0.2, 0.25) is 0 Å². The summed E-state index contributed by atoms with van der Waals surface area (Å²) in [5, 5.41) is 9.14. The maximum Gasteiger partial charge on any atom is 0.131 e. The first-order valence-electron chi connectivity index (χ1n) is 3.00. The Morgan fingerprint density at radius 1 is 1.78 bits per heavy atom. The molecule has 0 radical (unpaired) electrons. The highest BCUT2D eigenvalue weighted by Gasteiger charge is 1.98. The SMILES string of the molecule is CCC(O)n1ccnc1. The number of nitrogens with zero attached hydrogens (tertiary/aromatic N) is 2. The minimum atomic E-state index is -0.410. The number of aliphatic hydroxyl groups excluding tert-OH is 1. The average molecular weight is 126 g/mol. The van der Waals surface area contributed by atoms with Crippen LogP contribution in [0, 0.1) is 0 Å². The fourth-order valence-corrected chi connectivity index (χ4v) is 0.657. The lowest BCUT2D eigenvalue weighted by Crippen LogP contribution is -2.03. The first kappa shape index (κ1) is 6.29. The highest BCUT2D eigenvalue weighted by molar-refractivity contribution is 4.75. The lowest BCUT2D eigenvalue weighted by Gasteiger charge is -2.06. The van der Waals surface area contributed by atoms with E-state index in [0.717, 1.165) is 6.42 Å². The van der Waals surface area contributed by atoms with Gasteiger partial charge in [0.05, 0.1) is 6.33 Å². The van der Waals surface area contributed by atoms with Gasteiger partial charge in [0, 0.05) is 12.4 Å². The molecular formula is C6H10N2O. The molecule has 1 aromatic rings. The summed E-state index contributed by atoms with van der Waals surface area (Å²) in [6.07, 6.45) is 5.31. The zero-order valence-corrected chi connectivity index (χ0v) is 5.36. The van der Waals surface area contributed by atoms with E-state index in [1.807, 2.05) is 6.92 Å². The van der Waals surface area contributed by atoms with E-state index >= 15 is 0 Å². The Bertz CT molecular complexity index is 160. The maximum absolute atomic E-state index is 9.14. The average Bonchev–Trinajstić information content (AvgIpc) is 2.37. The van der Waals surface area contributed by atoms with Gasteiger partial charge >= 0.3 is 0 Å². The second-order valence-electron chi connectivity index (χ2n) is 1.90. The lowest BCUT2D eigenvalue weighted by atomic mass is 10.4. The molecule has 0 aromatic carbocycles. The third-order valence-corrected chi connectivity index (χ3v) is 1.23. The number of rotatable bonds is 2. The monoisotopic (exact) mass is 126 g/mol. The van der Waals surface area contributed by atoms with E-state index in [9.17, 15) is 0 Å². The molecule has 0 bridgehead atoms. The fraction of sp³-hybridized carbons (Fsp3) is 0.500. The molecule has 1 atom stereocenters. The topological polar surface area (TPSA) is 38.0 Å². The number of aromatic nitrogens is 2. The third kappa shape index (κ3) is 1.29. The van der Waals surface area contributed by atoms with Gasteiger partial charge < -0.3 is 9.67 Å². The molecule has 50 valence electrons. The zero-order chi connectivity index (χ0) is 6.69. The molecule has 1 rings (SSSR count). The van der Waals surface area contributed by atoms with Gasteiger partial charge in [-0.2, -0.15) is 0 Å². The molecule has 0 aliphatic heterocycles. The van der Waals surface area contributed by atoms with Crippen molar-refractivity contribution in [3.05, 3.63) is 18.7 Å². The van der Waals surface area contributed by atoms with Gasteiger partial charge in [-0.05, 0) is 6.42 Å². The molecule has 0 aliphatic carbocycles. The van der Waals surface area contributed by atoms with Crippen LogP contribution in [-0.2, 0) is 0 Å². The third-order valence-electron chi connectivity index (χ3n) is 1.23. The van der Waals surface area contributed by atoms with Crippen LogP contribution < -0.4 is 0 Å². The van der Waals surface area contributed by atoms with E-state index in [1.165, 1.54) is 0 Å². The number of imidazole rings is 1. The predicted molar refractivity (Wildman–Crippen MR) is 33.8 cm³/mol. The van der Waals surface area contributed by atoms with Crippen molar-refractivity contribution in [1.29, 1.82) is 0 Å². The van der Waals surface area contributed by atoms with Gasteiger partial charge in [0.25, 0.3) is 0 Å². The molecule has 0 amide bonds. The van der Waals surface area contributed by atoms with Crippen molar-refractivity contribution in [3.63, 3.8) is 0 Å². The Kier molecular flexibility index (Phi) is 1.85. The standard InChI is InChI=1S/C6H10N2O/c1-2-6(9)8-4-3-7-5-8/h3-6,9H,2H2,1H3. The number of hydrogen-bond acceptors (Lipinski definition) is 2. The van der Waals surface area contributed by atoms with Crippen LogP contribution in [0.1, 0.15) is 19.6 Å². The summed E-state index contributed by atoms with van der Waals surface area (Å²) in [7, 11) is 0. The molecule has 0 saturated carbocycles. The highest BCUT2D eigenvalue weighted by atomic mass is 16.3. The number of aliphatic hydroxyl groups is 1. The zero-order valence-electron chi connectivity index (χ0n) is 5.36. The van der Waals surface area contributed by atoms with Crippen LogP contribution in [0.4, 0.5) is 0 Å². The minimum Gasteiger partial charge on any atom is -0.373 e. The van der Waals surface area contributed by atoms with E-state index < -0.39 is 6.23 Å². The van der Waals surface area contributed by atoms with Crippen molar-refractivity contribution in [2.75, 3.05) is 0 Å². The van der Waals surface area contributed by atoms with Crippen LogP contribution in [0.25, 0.3) is 0 Å². The van der Waals surface area contributed by atoms with Gasteiger partial charge in [0.2, 0.25) is 0 Å². The summed E-state index contributed by atoms with van der Waals surface area (Å²) in [6.45, 7) is 1.92. The van der Waals surface area contributed by atoms with Crippen LogP contribution in [-0.4, -0.2) is 14.7 Å². The smallest absolute Gasteiger partial charge is 0.131 e. The summed E-state index contributed by atoms with van der Waals surface area (Å²) in [5.41, 5.74) is 0. The molecule has 0 fully saturated rings. The normalized spacial score (nSPS) is 13.6. The van der Waals surface area contributed by atoms with Crippen molar-refractivity contribution in [3.8, 4) is 0 Å². The second-order valence-corrected chi connectivity index (χ2v) is 1.90. The first-order chi connectivity index (χ1) is 4.34. The predicted octanol–water partition coefficient (Wildman–Crippen LogP) is 0.784. The van der Waals surface area contributed by atoms with E-state index in [1.54, 1.807) is 23.3 Å². The molecule has 0 aliphatic rings. The Morgan fingerprint density at radius 3 is 3.00 bits per heavy atom. The molecule has 3 nitrogen and oxygen atoms in total. The van der Waals surface area contributed by atoms with Crippen LogP contribution >= 0.6 is 0 Å². The van der Waals surface area contributed by atoms with Crippen LogP contribution in [0.15, 0.2) is 18.7 Å². The van der Waals surface area contributed by atoms with Crippen molar-refractivity contribution in [2.45, 2.75) is 19.6 Å². The van der Waals surface area contributed by atoms with Crippen molar-refractivity contribution in [1.82, 2.24) is 9.55 Å². The Labute approximate surface area is 54.0 Å². The largest absolute Gasteiger partial charge is 0.373 e. The molecule has 0 saturated heterocycles. The van der Waals surface area contributed by atoms with Crippen LogP contribution in [0.3, 0.4) is 0 Å².